The molecule has 0 radical (unpaired) electrons. The lowest BCUT2D eigenvalue weighted by Gasteiger charge is -2.03. The normalized spacial score (nSPS) is 11.7. The molecule has 0 saturated heterocycles. The van der Waals surface area contributed by atoms with Gasteiger partial charge in [0, 0.05) is 11.6 Å². The highest BCUT2D eigenvalue weighted by Crippen LogP contribution is 2.21. The van der Waals surface area contributed by atoms with Gasteiger partial charge in [0.25, 0.3) is 0 Å². The van der Waals surface area contributed by atoms with Gasteiger partial charge in [-0.25, -0.2) is 4.39 Å². The van der Waals surface area contributed by atoms with E-state index in [1.54, 1.807) is 31.2 Å². The standard InChI is InChI=1S/C10H11ClFN.ClH/c1-7(10(12)6-13)8-3-2-4-9(11)5-8;/h2-5H,6,13H2,1H3;1H. The lowest BCUT2D eigenvalue weighted by atomic mass is 10.1. The Bertz CT molecular complexity index is 337. The van der Waals surface area contributed by atoms with Gasteiger partial charge in [0.1, 0.15) is 5.83 Å². The Hall–Kier alpha value is -0.570. The fourth-order valence-corrected chi connectivity index (χ4v) is 1.22. The van der Waals surface area contributed by atoms with Gasteiger partial charge in [-0.1, -0.05) is 23.7 Å². The molecule has 0 aromatic heterocycles. The van der Waals surface area contributed by atoms with Crippen LogP contribution in [-0.4, -0.2) is 6.54 Å². The second kappa shape index (κ2) is 6.02. The van der Waals surface area contributed by atoms with Gasteiger partial charge in [0.2, 0.25) is 0 Å². The van der Waals surface area contributed by atoms with Crippen LogP contribution in [0.2, 0.25) is 5.02 Å². The number of hydrogen-bond acceptors (Lipinski definition) is 1. The fraction of sp³-hybridized carbons (Fsp3) is 0.200. The highest BCUT2D eigenvalue weighted by atomic mass is 35.5. The van der Waals surface area contributed by atoms with E-state index in [0.717, 1.165) is 5.56 Å². The topological polar surface area (TPSA) is 26.0 Å². The highest BCUT2D eigenvalue weighted by molar-refractivity contribution is 6.30. The molecule has 0 spiro atoms. The summed E-state index contributed by atoms with van der Waals surface area (Å²) in [7, 11) is 0. The third kappa shape index (κ3) is 3.29. The Morgan fingerprint density at radius 1 is 1.50 bits per heavy atom. The SMILES string of the molecule is CC(=C(F)CN)c1cccc(Cl)c1.Cl. The van der Waals surface area contributed by atoms with Gasteiger partial charge in [0.05, 0.1) is 0 Å². The van der Waals surface area contributed by atoms with E-state index in [4.69, 9.17) is 17.3 Å². The Labute approximate surface area is 94.2 Å². The fourth-order valence-electron chi connectivity index (χ4n) is 1.03. The number of nitrogens with two attached hydrogens (primary N) is 1. The molecule has 1 aromatic carbocycles. The molecular formula is C10H12Cl2FN. The van der Waals surface area contributed by atoms with Gasteiger partial charge in [0.15, 0.2) is 0 Å². The van der Waals surface area contributed by atoms with Crippen molar-refractivity contribution in [2.75, 3.05) is 6.54 Å². The van der Waals surface area contributed by atoms with Crippen molar-refractivity contribution in [2.45, 2.75) is 6.92 Å². The summed E-state index contributed by atoms with van der Waals surface area (Å²) < 4.78 is 13.1. The Kier molecular flexibility index (Phi) is 5.77. The highest BCUT2D eigenvalue weighted by Gasteiger charge is 2.02. The van der Waals surface area contributed by atoms with Crippen molar-refractivity contribution >= 4 is 29.6 Å². The van der Waals surface area contributed by atoms with E-state index in [1.165, 1.54) is 0 Å². The van der Waals surface area contributed by atoms with Crippen molar-refractivity contribution < 1.29 is 4.39 Å². The first-order valence-electron chi connectivity index (χ1n) is 3.96. The lowest BCUT2D eigenvalue weighted by Crippen LogP contribution is -2.00. The van der Waals surface area contributed by atoms with Crippen LogP contribution in [0.15, 0.2) is 30.1 Å². The van der Waals surface area contributed by atoms with Gasteiger partial charge < -0.3 is 5.73 Å². The molecule has 0 fully saturated rings. The van der Waals surface area contributed by atoms with Crippen molar-refractivity contribution in [3.8, 4) is 0 Å². The zero-order valence-electron chi connectivity index (χ0n) is 7.76. The molecule has 0 unspecified atom stereocenters. The van der Waals surface area contributed by atoms with E-state index in [2.05, 4.69) is 0 Å². The first kappa shape index (κ1) is 13.4. The second-order valence-electron chi connectivity index (χ2n) is 2.74. The van der Waals surface area contributed by atoms with E-state index in [0.29, 0.717) is 10.6 Å². The van der Waals surface area contributed by atoms with Crippen LogP contribution >= 0.6 is 24.0 Å². The summed E-state index contributed by atoms with van der Waals surface area (Å²) in [5.41, 5.74) is 6.50. The molecule has 0 aliphatic carbocycles. The van der Waals surface area contributed by atoms with Crippen molar-refractivity contribution in [1.82, 2.24) is 0 Å². The number of allylic oxidation sites excluding steroid dienone is 1. The van der Waals surface area contributed by atoms with Gasteiger partial charge >= 0.3 is 0 Å². The van der Waals surface area contributed by atoms with Crippen molar-refractivity contribution in [3.05, 3.63) is 40.7 Å². The minimum Gasteiger partial charge on any atom is -0.325 e. The molecule has 0 heterocycles. The molecule has 4 heteroatoms. The van der Waals surface area contributed by atoms with E-state index >= 15 is 0 Å². The molecular weight excluding hydrogens is 224 g/mol. The molecule has 0 saturated carbocycles. The molecule has 0 aliphatic heterocycles. The van der Waals surface area contributed by atoms with Crippen LogP contribution in [0.4, 0.5) is 4.39 Å². The van der Waals surface area contributed by atoms with E-state index < -0.39 is 0 Å². The lowest BCUT2D eigenvalue weighted by molar-refractivity contribution is 0.621. The monoisotopic (exact) mass is 235 g/mol. The van der Waals surface area contributed by atoms with Gasteiger partial charge in [-0.05, 0) is 30.2 Å². The summed E-state index contributed by atoms with van der Waals surface area (Å²) >= 11 is 5.76. The van der Waals surface area contributed by atoms with Gasteiger partial charge in [-0.2, -0.15) is 0 Å². The number of halogens is 3. The van der Waals surface area contributed by atoms with E-state index in [1.807, 2.05) is 0 Å². The molecule has 0 aliphatic rings. The van der Waals surface area contributed by atoms with Crippen molar-refractivity contribution in [1.29, 1.82) is 0 Å². The number of rotatable bonds is 2. The molecule has 1 nitrogen and oxygen atoms in total. The quantitative estimate of drug-likeness (QED) is 0.836. The van der Waals surface area contributed by atoms with E-state index in [-0.39, 0.29) is 24.8 Å². The van der Waals surface area contributed by atoms with E-state index in [9.17, 15) is 4.39 Å². The molecule has 0 amide bonds. The zero-order chi connectivity index (χ0) is 9.84. The first-order chi connectivity index (χ1) is 6.15. The maximum Gasteiger partial charge on any atom is 0.117 e. The third-order valence-electron chi connectivity index (χ3n) is 1.84. The summed E-state index contributed by atoms with van der Waals surface area (Å²) in [5.74, 6) is -0.303. The summed E-state index contributed by atoms with van der Waals surface area (Å²) in [6.07, 6.45) is 0. The predicted molar refractivity (Wildman–Crippen MR) is 61.5 cm³/mol. The zero-order valence-corrected chi connectivity index (χ0v) is 9.33. The maximum atomic E-state index is 13.1. The van der Waals surface area contributed by atoms with Crippen LogP contribution in [0.1, 0.15) is 12.5 Å². The van der Waals surface area contributed by atoms with Crippen molar-refractivity contribution in [3.63, 3.8) is 0 Å². The average Bonchev–Trinajstić information content (AvgIpc) is 2.15. The Morgan fingerprint density at radius 2 is 2.14 bits per heavy atom. The summed E-state index contributed by atoms with van der Waals surface area (Å²) in [5, 5.41) is 0.599. The van der Waals surface area contributed by atoms with Crippen LogP contribution in [0.3, 0.4) is 0 Å². The molecule has 1 aromatic rings. The van der Waals surface area contributed by atoms with Crippen LogP contribution < -0.4 is 5.73 Å². The summed E-state index contributed by atoms with van der Waals surface area (Å²) in [6.45, 7) is 1.62. The third-order valence-corrected chi connectivity index (χ3v) is 2.08. The first-order valence-corrected chi connectivity index (χ1v) is 4.34. The smallest absolute Gasteiger partial charge is 0.117 e. The molecule has 14 heavy (non-hydrogen) atoms. The predicted octanol–water partition coefficient (Wildman–Crippen LogP) is 3.42. The molecule has 0 atom stereocenters. The number of benzene rings is 1. The van der Waals surface area contributed by atoms with Crippen LogP contribution in [0, 0.1) is 0 Å². The van der Waals surface area contributed by atoms with Gasteiger partial charge in [-0.3, -0.25) is 0 Å². The molecule has 1 rings (SSSR count). The molecule has 0 bridgehead atoms. The molecule has 2 N–H and O–H groups in total. The molecule has 78 valence electrons. The van der Waals surface area contributed by atoms with Crippen molar-refractivity contribution in [2.24, 2.45) is 5.73 Å². The van der Waals surface area contributed by atoms with Crippen LogP contribution in [-0.2, 0) is 0 Å². The minimum absolute atomic E-state index is 0. The van der Waals surface area contributed by atoms with Crippen LogP contribution in [0.5, 0.6) is 0 Å². The summed E-state index contributed by atoms with van der Waals surface area (Å²) in [6, 6.07) is 7.05. The summed E-state index contributed by atoms with van der Waals surface area (Å²) in [4.78, 5) is 0. The van der Waals surface area contributed by atoms with Crippen LogP contribution in [0.25, 0.3) is 5.57 Å². The Morgan fingerprint density at radius 3 is 2.64 bits per heavy atom. The largest absolute Gasteiger partial charge is 0.325 e. The Balaban J connectivity index is 0.00000169. The maximum absolute atomic E-state index is 13.1. The average molecular weight is 236 g/mol. The number of hydrogen-bond donors (Lipinski definition) is 1. The minimum atomic E-state index is -0.303. The second-order valence-corrected chi connectivity index (χ2v) is 3.18. The van der Waals surface area contributed by atoms with Gasteiger partial charge in [-0.15, -0.1) is 12.4 Å².